The molecule has 0 bridgehead atoms. The topological polar surface area (TPSA) is 35.2 Å². The van der Waals surface area contributed by atoms with Crippen molar-refractivity contribution >= 4 is 5.69 Å². The molecule has 2 nitrogen and oxygen atoms in total. The van der Waals surface area contributed by atoms with E-state index in [1.54, 1.807) is 18.2 Å². The summed E-state index contributed by atoms with van der Waals surface area (Å²) >= 11 is 0. The Bertz CT molecular complexity index is 552. The lowest BCUT2D eigenvalue weighted by molar-refractivity contribution is 0.476. The smallest absolute Gasteiger partial charge is 0.130 e. The molecule has 0 spiro atoms. The van der Waals surface area contributed by atoms with Crippen molar-refractivity contribution in [2.24, 2.45) is 0 Å². The van der Waals surface area contributed by atoms with Crippen molar-refractivity contribution in [1.29, 1.82) is 0 Å². The lowest BCUT2D eigenvalue weighted by Gasteiger charge is -2.10. The second-order valence-corrected chi connectivity index (χ2v) is 4.03. The summed E-state index contributed by atoms with van der Waals surface area (Å²) in [4.78, 5) is 0. The maximum absolute atomic E-state index is 12.9. The Morgan fingerprint density at radius 2 is 1.76 bits per heavy atom. The van der Waals surface area contributed by atoms with Crippen molar-refractivity contribution in [1.82, 2.24) is 0 Å². The van der Waals surface area contributed by atoms with Gasteiger partial charge >= 0.3 is 0 Å². The van der Waals surface area contributed by atoms with Gasteiger partial charge in [0.2, 0.25) is 0 Å². The standard InChI is InChI=1S/C14H14FNO/c1-9-8-12(4-5-13(9)16)17-14-6-3-11(15)7-10(14)2/h3-8H,16H2,1-2H3. The molecule has 3 heteroatoms. The van der Waals surface area contributed by atoms with Crippen LogP contribution in [0, 0.1) is 19.7 Å². The lowest BCUT2D eigenvalue weighted by atomic mass is 10.2. The third kappa shape index (κ3) is 2.56. The maximum Gasteiger partial charge on any atom is 0.130 e. The lowest BCUT2D eigenvalue weighted by Crippen LogP contribution is -1.92. The van der Waals surface area contributed by atoms with Gasteiger partial charge in [-0.2, -0.15) is 0 Å². The van der Waals surface area contributed by atoms with Crippen molar-refractivity contribution in [3.8, 4) is 11.5 Å². The average Bonchev–Trinajstić information content (AvgIpc) is 2.27. The number of hydrogen-bond acceptors (Lipinski definition) is 2. The van der Waals surface area contributed by atoms with Gasteiger partial charge in [-0.25, -0.2) is 4.39 Å². The molecule has 0 saturated carbocycles. The van der Waals surface area contributed by atoms with Crippen molar-refractivity contribution in [2.45, 2.75) is 13.8 Å². The van der Waals surface area contributed by atoms with E-state index in [2.05, 4.69) is 0 Å². The van der Waals surface area contributed by atoms with Gasteiger partial charge in [0.05, 0.1) is 0 Å². The Morgan fingerprint density at radius 1 is 1.00 bits per heavy atom. The molecule has 0 fully saturated rings. The predicted molar refractivity (Wildman–Crippen MR) is 66.8 cm³/mol. The quantitative estimate of drug-likeness (QED) is 0.797. The zero-order valence-electron chi connectivity index (χ0n) is 9.83. The Balaban J connectivity index is 2.28. The first kappa shape index (κ1) is 11.5. The van der Waals surface area contributed by atoms with Crippen LogP contribution in [-0.4, -0.2) is 0 Å². The van der Waals surface area contributed by atoms with E-state index in [-0.39, 0.29) is 5.82 Å². The molecule has 2 N–H and O–H groups in total. The predicted octanol–water partition coefficient (Wildman–Crippen LogP) is 3.82. The van der Waals surface area contributed by atoms with E-state index in [4.69, 9.17) is 10.5 Å². The Hall–Kier alpha value is -2.03. The molecule has 0 unspecified atom stereocenters. The molecule has 88 valence electrons. The van der Waals surface area contributed by atoms with Gasteiger partial charge < -0.3 is 10.5 Å². The second-order valence-electron chi connectivity index (χ2n) is 4.03. The van der Waals surface area contributed by atoms with Gasteiger partial charge in [0.1, 0.15) is 17.3 Å². The van der Waals surface area contributed by atoms with E-state index >= 15 is 0 Å². The third-order valence-electron chi connectivity index (χ3n) is 2.61. The largest absolute Gasteiger partial charge is 0.457 e. The van der Waals surface area contributed by atoms with Gasteiger partial charge in [-0.1, -0.05) is 0 Å². The van der Waals surface area contributed by atoms with Crippen LogP contribution < -0.4 is 10.5 Å². The zero-order chi connectivity index (χ0) is 12.4. The molecule has 0 saturated heterocycles. The fourth-order valence-corrected chi connectivity index (χ4v) is 1.57. The van der Waals surface area contributed by atoms with Crippen molar-refractivity contribution in [2.75, 3.05) is 5.73 Å². The fourth-order valence-electron chi connectivity index (χ4n) is 1.57. The third-order valence-corrected chi connectivity index (χ3v) is 2.61. The highest BCUT2D eigenvalue weighted by Crippen LogP contribution is 2.27. The van der Waals surface area contributed by atoms with Gasteiger partial charge in [0.15, 0.2) is 0 Å². The summed E-state index contributed by atoms with van der Waals surface area (Å²) < 4.78 is 18.6. The minimum atomic E-state index is -0.261. The summed E-state index contributed by atoms with van der Waals surface area (Å²) in [6.07, 6.45) is 0. The maximum atomic E-state index is 12.9. The monoisotopic (exact) mass is 231 g/mol. The number of ether oxygens (including phenoxy) is 1. The molecule has 0 aromatic heterocycles. The number of nitrogen functional groups attached to an aromatic ring is 1. The molecule has 0 amide bonds. The molecule has 2 rings (SSSR count). The molecule has 0 heterocycles. The number of rotatable bonds is 2. The van der Waals surface area contributed by atoms with E-state index < -0.39 is 0 Å². The van der Waals surface area contributed by atoms with Crippen molar-refractivity contribution in [3.05, 3.63) is 53.3 Å². The highest BCUT2D eigenvalue weighted by Gasteiger charge is 2.03. The molecule has 0 aliphatic heterocycles. The highest BCUT2D eigenvalue weighted by molar-refractivity contribution is 5.50. The van der Waals surface area contributed by atoms with Gasteiger partial charge in [0, 0.05) is 5.69 Å². The zero-order valence-corrected chi connectivity index (χ0v) is 9.83. The normalized spacial score (nSPS) is 10.3. The Morgan fingerprint density at radius 3 is 2.41 bits per heavy atom. The van der Waals surface area contributed by atoms with Crippen molar-refractivity contribution < 1.29 is 9.13 Å². The first-order chi connectivity index (χ1) is 8.06. The van der Waals surface area contributed by atoms with Crippen LogP contribution in [0.15, 0.2) is 36.4 Å². The number of nitrogens with two attached hydrogens (primary N) is 1. The fraction of sp³-hybridized carbons (Fsp3) is 0.143. The van der Waals surface area contributed by atoms with Crippen LogP contribution >= 0.6 is 0 Å². The number of benzene rings is 2. The van der Waals surface area contributed by atoms with E-state index in [0.717, 1.165) is 16.8 Å². The Labute approximate surface area is 99.8 Å². The van der Waals surface area contributed by atoms with Crippen LogP contribution in [-0.2, 0) is 0 Å². The second kappa shape index (κ2) is 4.45. The van der Waals surface area contributed by atoms with E-state index in [0.29, 0.717) is 11.5 Å². The number of halogens is 1. The minimum Gasteiger partial charge on any atom is -0.457 e. The summed E-state index contributed by atoms with van der Waals surface area (Å²) in [5.41, 5.74) is 8.18. The summed E-state index contributed by atoms with van der Waals surface area (Å²) in [7, 11) is 0. The highest BCUT2D eigenvalue weighted by atomic mass is 19.1. The SMILES string of the molecule is Cc1cc(Oc2ccc(F)cc2C)ccc1N. The Kier molecular flexibility index (Phi) is 3.00. The minimum absolute atomic E-state index is 0.261. The van der Waals surface area contributed by atoms with E-state index in [1.165, 1.54) is 12.1 Å². The first-order valence-electron chi connectivity index (χ1n) is 5.36. The number of aryl methyl sites for hydroxylation is 2. The molecule has 0 atom stereocenters. The average molecular weight is 231 g/mol. The van der Waals surface area contributed by atoms with Crippen LogP contribution in [0.5, 0.6) is 11.5 Å². The number of anilines is 1. The van der Waals surface area contributed by atoms with Crippen LogP contribution in [0.2, 0.25) is 0 Å². The van der Waals surface area contributed by atoms with Gasteiger partial charge in [0.25, 0.3) is 0 Å². The van der Waals surface area contributed by atoms with Gasteiger partial charge in [-0.05, 0) is 61.4 Å². The molecular formula is C14H14FNO. The van der Waals surface area contributed by atoms with Crippen molar-refractivity contribution in [3.63, 3.8) is 0 Å². The van der Waals surface area contributed by atoms with E-state index in [1.807, 2.05) is 19.9 Å². The molecule has 2 aromatic rings. The molecule has 17 heavy (non-hydrogen) atoms. The van der Waals surface area contributed by atoms with Crippen LogP contribution in [0.1, 0.15) is 11.1 Å². The van der Waals surface area contributed by atoms with Crippen LogP contribution in [0.25, 0.3) is 0 Å². The summed E-state index contributed by atoms with van der Waals surface area (Å²) in [5.74, 6) is 1.09. The molecule has 0 radical (unpaired) electrons. The van der Waals surface area contributed by atoms with E-state index in [9.17, 15) is 4.39 Å². The first-order valence-corrected chi connectivity index (χ1v) is 5.36. The molecule has 0 aliphatic carbocycles. The van der Waals surface area contributed by atoms with Crippen LogP contribution in [0.3, 0.4) is 0 Å². The van der Waals surface area contributed by atoms with Gasteiger partial charge in [-0.15, -0.1) is 0 Å². The molecule has 0 aliphatic rings. The molecule has 2 aromatic carbocycles. The molecular weight excluding hydrogens is 217 g/mol. The van der Waals surface area contributed by atoms with Crippen LogP contribution in [0.4, 0.5) is 10.1 Å². The number of hydrogen-bond donors (Lipinski definition) is 1. The summed E-state index contributed by atoms with van der Waals surface area (Å²) in [6.45, 7) is 3.72. The summed E-state index contributed by atoms with van der Waals surface area (Å²) in [5, 5.41) is 0. The van der Waals surface area contributed by atoms with Gasteiger partial charge in [-0.3, -0.25) is 0 Å². The summed E-state index contributed by atoms with van der Waals surface area (Å²) in [6, 6.07) is 9.90.